The summed E-state index contributed by atoms with van der Waals surface area (Å²) in [6, 6.07) is 2.59. The van der Waals surface area contributed by atoms with Crippen LogP contribution in [0, 0.1) is 0 Å². The molecule has 0 radical (unpaired) electrons. The zero-order chi connectivity index (χ0) is 25.2. The van der Waals surface area contributed by atoms with E-state index in [1.165, 1.54) is 6.20 Å². The van der Waals surface area contributed by atoms with Crippen LogP contribution in [0.2, 0.25) is 0 Å². The molecular weight excluding hydrogens is 463 g/mol. The van der Waals surface area contributed by atoms with Crippen LogP contribution in [0.15, 0.2) is 24.5 Å². The van der Waals surface area contributed by atoms with Crippen molar-refractivity contribution in [1.29, 1.82) is 0 Å². The van der Waals surface area contributed by atoms with Gasteiger partial charge in [0.2, 0.25) is 0 Å². The van der Waals surface area contributed by atoms with E-state index in [0.29, 0.717) is 31.0 Å². The second-order valence-electron chi connectivity index (χ2n) is 9.83. The Kier molecular flexibility index (Phi) is 5.08. The molecule has 0 bridgehead atoms. The van der Waals surface area contributed by atoms with Crippen molar-refractivity contribution in [2.75, 3.05) is 18.8 Å². The molecule has 1 fully saturated rings. The number of nitrogen functional groups attached to an aromatic ring is 1. The first-order chi connectivity index (χ1) is 16.4. The number of aromatic nitrogens is 6. The maximum atomic E-state index is 13.3. The molecule has 0 aliphatic carbocycles. The number of alkyl halides is 3. The average molecular weight is 490 g/mol. The number of carbonyl (C=O) groups excluding carboxylic acids is 1. The van der Waals surface area contributed by atoms with Crippen molar-refractivity contribution in [3.8, 4) is 11.3 Å². The number of likely N-dealkylation sites (tertiary alicyclic amines) is 1. The minimum Gasteiger partial charge on any atom is -0.383 e. The van der Waals surface area contributed by atoms with E-state index in [0.717, 1.165) is 24.6 Å². The molecule has 3 N–H and O–H groups in total. The Morgan fingerprint density at radius 3 is 2.63 bits per heavy atom. The number of pyridine rings is 1. The maximum Gasteiger partial charge on any atom is 0.419 e. The number of amides is 2. The Labute approximate surface area is 199 Å². The Hall–Kier alpha value is -3.64. The summed E-state index contributed by atoms with van der Waals surface area (Å²) in [6.45, 7) is 5.42. The van der Waals surface area contributed by atoms with Crippen LogP contribution in [-0.2, 0) is 30.7 Å². The van der Waals surface area contributed by atoms with E-state index < -0.39 is 23.1 Å². The van der Waals surface area contributed by atoms with E-state index in [2.05, 4.69) is 25.7 Å². The standard InChI is InChI=1S/C22H26F3N9O/c1-20(2,16-11-32(3)31-29-16)28-19(35)33-6-4-21(12-33)5-7-34-17(21)9-15(30-34)13-8-14(22(23,24)25)18(26)27-10-13/h8-11H,4-7,12H2,1-3H3,(H2,26,27)(H,28,35)/t21-/m1/s1. The van der Waals surface area contributed by atoms with Crippen molar-refractivity contribution in [2.24, 2.45) is 7.05 Å². The predicted molar refractivity (Wildman–Crippen MR) is 120 cm³/mol. The molecule has 1 saturated heterocycles. The molecule has 0 aromatic carbocycles. The van der Waals surface area contributed by atoms with Crippen molar-refractivity contribution in [3.63, 3.8) is 0 Å². The van der Waals surface area contributed by atoms with Crippen LogP contribution < -0.4 is 11.1 Å². The summed E-state index contributed by atoms with van der Waals surface area (Å²) in [4.78, 5) is 18.6. The van der Waals surface area contributed by atoms with Gasteiger partial charge in [0.15, 0.2) is 0 Å². The summed E-state index contributed by atoms with van der Waals surface area (Å²) < 4.78 is 43.3. The van der Waals surface area contributed by atoms with E-state index in [1.54, 1.807) is 22.8 Å². The molecular formula is C22H26F3N9O. The minimum atomic E-state index is -4.60. The van der Waals surface area contributed by atoms with Crippen LogP contribution >= 0.6 is 0 Å². The van der Waals surface area contributed by atoms with Crippen molar-refractivity contribution in [1.82, 2.24) is 40.0 Å². The fourth-order valence-electron chi connectivity index (χ4n) is 4.95. The van der Waals surface area contributed by atoms with Gasteiger partial charge in [0, 0.05) is 49.6 Å². The number of halogens is 3. The first-order valence-corrected chi connectivity index (χ1v) is 11.2. The topological polar surface area (TPSA) is 120 Å². The van der Waals surface area contributed by atoms with Crippen molar-refractivity contribution < 1.29 is 18.0 Å². The molecule has 2 aliphatic heterocycles. The minimum absolute atomic E-state index is 0.201. The van der Waals surface area contributed by atoms with Gasteiger partial charge in [0.05, 0.1) is 23.0 Å². The third kappa shape index (κ3) is 3.98. The molecule has 5 rings (SSSR count). The number of anilines is 1. The van der Waals surface area contributed by atoms with Gasteiger partial charge in [-0.25, -0.2) is 9.78 Å². The Morgan fingerprint density at radius 1 is 1.20 bits per heavy atom. The lowest BCUT2D eigenvalue weighted by Gasteiger charge is -2.28. The van der Waals surface area contributed by atoms with Gasteiger partial charge in [-0.15, -0.1) is 5.10 Å². The predicted octanol–water partition coefficient (Wildman–Crippen LogP) is 2.67. The monoisotopic (exact) mass is 489 g/mol. The third-order valence-corrected chi connectivity index (χ3v) is 6.95. The quantitative estimate of drug-likeness (QED) is 0.584. The number of nitrogens with one attached hydrogen (secondary N) is 1. The van der Waals surface area contributed by atoms with Crippen LogP contribution in [0.25, 0.3) is 11.3 Å². The van der Waals surface area contributed by atoms with E-state index in [9.17, 15) is 18.0 Å². The molecule has 0 unspecified atom stereocenters. The highest BCUT2D eigenvalue weighted by atomic mass is 19.4. The first kappa shape index (κ1) is 23.1. The molecule has 10 nitrogen and oxygen atoms in total. The van der Waals surface area contributed by atoms with Gasteiger partial charge in [-0.2, -0.15) is 18.3 Å². The highest BCUT2D eigenvalue weighted by Gasteiger charge is 2.47. The SMILES string of the molecule is Cn1cc(C(C)(C)NC(=O)N2CC[C@@]3(CCn4nc(-c5cnc(N)c(C(F)(F)F)c5)cc43)C2)nn1. The van der Waals surface area contributed by atoms with Gasteiger partial charge < -0.3 is 16.0 Å². The third-order valence-electron chi connectivity index (χ3n) is 6.95. The zero-order valence-electron chi connectivity index (χ0n) is 19.6. The molecule has 5 heterocycles. The van der Waals surface area contributed by atoms with Gasteiger partial charge in [0.1, 0.15) is 11.5 Å². The Morgan fingerprint density at radius 2 is 1.94 bits per heavy atom. The van der Waals surface area contributed by atoms with E-state index in [1.807, 2.05) is 24.6 Å². The summed E-state index contributed by atoms with van der Waals surface area (Å²) in [7, 11) is 1.76. The molecule has 0 saturated carbocycles. The second kappa shape index (κ2) is 7.68. The largest absolute Gasteiger partial charge is 0.419 e. The number of nitrogens with zero attached hydrogens (tertiary/aromatic N) is 7. The van der Waals surface area contributed by atoms with Crippen LogP contribution in [0.1, 0.15) is 43.6 Å². The van der Waals surface area contributed by atoms with Gasteiger partial charge in [0.25, 0.3) is 0 Å². The van der Waals surface area contributed by atoms with E-state index >= 15 is 0 Å². The average Bonchev–Trinajstić information content (AvgIpc) is 3.54. The molecule has 3 aromatic rings. The number of hydrogen-bond acceptors (Lipinski definition) is 6. The van der Waals surface area contributed by atoms with Crippen molar-refractivity contribution in [3.05, 3.63) is 41.5 Å². The van der Waals surface area contributed by atoms with Crippen LogP contribution in [-0.4, -0.2) is 53.8 Å². The number of carbonyl (C=O) groups is 1. The molecule has 2 amide bonds. The summed E-state index contributed by atoms with van der Waals surface area (Å²) in [5.74, 6) is -0.564. The lowest BCUT2D eigenvalue weighted by molar-refractivity contribution is -0.137. The Balaban J connectivity index is 1.35. The van der Waals surface area contributed by atoms with Gasteiger partial charge in [-0.3, -0.25) is 9.36 Å². The summed E-state index contributed by atoms with van der Waals surface area (Å²) in [5, 5.41) is 15.6. The smallest absolute Gasteiger partial charge is 0.383 e. The number of hydrogen-bond donors (Lipinski definition) is 2. The van der Waals surface area contributed by atoms with Gasteiger partial charge in [-0.05, 0) is 38.8 Å². The van der Waals surface area contributed by atoms with Gasteiger partial charge >= 0.3 is 12.2 Å². The first-order valence-electron chi connectivity index (χ1n) is 11.2. The summed E-state index contributed by atoms with van der Waals surface area (Å²) in [6.07, 6.45) is 0.0121. The highest BCUT2D eigenvalue weighted by molar-refractivity contribution is 5.76. The fourth-order valence-corrected chi connectivity index (χ4v) is 4.95. The lowest BCUT2D eigenvalue weighted by atomic mass is 9.82. The lowest BCUT2D eigenvalue weighted by Crippen LogP contribution is -2.48. The zero-order valence-corrected chi connectivity index (χ0v) is 19.6. The molecule has 186 valence electrons. The molecule has 35 heavy (non-hydrogen) atoms. The fraction of sp³-hybridized carbons (Fsp3) is 0.500. The molecule has 2 aliphatic rings. The maximum absolute atomic E-state index is 13.3. The van der Waals surface area contributed by atoms with Crippen LogP contribution in [0.5, 0.6) is 0 Å². The normalized spacial score (nSPS) is 20.0. The van der Waals surface area contributed by atoms with Crippen LogP contribution in [0.4, 0.5) is 23.8 Å². The molecule has 13 heteroatoms. The number of urea groups is 1. The van der Waals surface area contributed by atoms with E-state index in [-0.39, 0.29) is 17.0 Å². The summed E-state index contributed by atoms with van der Waals surface area (Å²) in [5.41, 5.74) is 5.69. The van der Waals surface area contributed by atoms with Crippen molar-refractivity contribution >= 4 is 11.8 Å². The molecule has 1 atom stereocenters. The van der Waals surface area contributed by atoms with Crippen molar-refractivity contribution in [2.45, 2.75) is 50.4 Å². The molecule has 1 spiro atoms. The highest BCUT2D eigenvalue weighted by Crippen LogP contribution is 2.44. The second-order valence-corrected chi connectivity index (χ2v) is 9.83. The number of aryl methyl sites for hydroxylation is 2. The molecule has 3 aromatic heterocycles. The number of nitrogens with two attached hydrogens (primary N) is 1. The van der Waals surface area contributed by atoms with E-state index in [4.69, 9.17) is 5.73 Å². The number of fused-ring (bicyclic) bond motifs is 2. The number of rotatable bonds is 3. The van der Waals surface area contributed by atoms with Crippen LogP contribution in [0.3, 0.4) is 0 Å². The van der Waals surface area contributed by atoms with Gasteiger partial charge in [-0.1, -0.05) is 5.21 Å². The summed E-state index contributed by atoms with van der Waals surface area (Å²) >= 11 is 0. The Bertz CT molecular complexity index is 1300.